The number of hydrogen-bond donors (Lipinski definition) is 2. The van der Waals surface area contributed by atoms with Gasteiger partial charge < -0.3 is 15.5 Å². The zero-order valence-corrected chi connectivity index (χ0v) is 13.4. The lowest BCUT2D eigenvalue weighted by atomic mass is 10.2. The van der Waals surface area contributed by atoms with Crippen molar-refractivity contribution >= 4 is 40.5 Å². The average molecular weight is 347 g/mol. The first kappa shape index (κ1) is 15.5. The summed E-state index contributed by atoms with van der Waals surface area (Å²) in [5, 5.41) is 3.72. The molecule has 1 heterocycles. The summed E-state index contributed by atoms with van der Waals surface area (Å²) in [6.07, 6.45) is 0. The van der Waals surface area contributed by atoms with E-state index in [1.54, 1.807) is 54.6 Å². The maximum absolute atomic E-state index is 12.2. The largest absolute Gasteiger partial charge is 0.451 e. The van der Waals surface area contributed by atoms with Gasteiger partial charge in [0.15, 0.2) is 5.76 Å². The summed E-state index contributed by atoms with van der Waals surface area (Å²) in [5.41, 5.74) is 7.53. The van der Waals surface area contributed by atoms with Crippen molar-refractivity contribution in [1.82, 2.24) is 0 Å². The van der Waals surface area contributed by atoms with Crippen LogP contribution in [0.5, 0.6) is 0 Å². The molecule has 2 aromatic carbocycles. The Hall–Kier alpha value is -2.43. The second kappa shape index (κ2) is 6.36. The molecule has 3 aromatic rings. The van der Waals surface area contributed by atoms with Gasteiger partial charge in [0.2, 0.25) is 0 Å². The first-order valence-corrected chi connectivity index (χ1v) is 7.51. The van der Waals surface area contributed by atoms with Crippen LogP contribution in [0.3, 0.4) is 0 Å². The van der Waals surface area contributed by atoms with Gasteiger partial charge in [-0.25, -0.2) is 0 Å². The van der Waals surface area contributed by atoms with Gasteiger partial charge in [-0.3, -0.25) is 4.79 Å². The molecule has 0 saturated heterocycles. The number of nitrogens with two attached hydrogens (primary N) is 1. The third-order valence-corrected chi connectivity index (χ3v) is 3.74. The summed E-state index contributed by atoms with van der Waals surface area (Å²) in [5.74, 6) is 0.322. The van der Waals surface area contributed by atoms with E-state index in [1.807, 2.05) is 0 Å². The number of nitrogens with one attached hydrogen (secondary N) is 1. The van der Waals surface area contributed by atoms with E-state index in [0.717, 1.165) is 0 Å². The van der Waals surface area contributed by atoms with Crippen LogP contribution in [0.2, 0.25) is 10.0 Å². The van der Waals surface area contributed by atoms with Gasteiger partial charge in [0.1, 0.15) is 5.76 Å². The number of nitrogen functional groups attached to an aromatic ring is 1. The highest BCUT2D eigenvalue weighted by Gasteiger charge is 2.14. The van der Waals surface area contributed by atoms with E-state index in [-0.39, 0.29) is 11.7 Å². The van der Waals surface area contributed by atoms with Gasteiger partial charge in [0, 0.05) is 22.0 Å². The molecular formula is C17H12Cl2N2O2. The molecule has 0 aliphatic carbocycles. The molecule has 0 atom stereocenters. The third kappa shape index (κ3) is 3.50. The van der Waals surface area contributed by atoms with Crippen LogP contribution in [0.1, 0.15) is 10.6 Å². The van der Waals surface area contributed by atoms with Crippen molar-refractivity contribution in [2.75, 3.05) is 11.1 Å². The van der Waals surface area contributed by atoms with Crippen LogP contribution in [-0.2, 0) is 0 Å². The van der Waals surface area contributed by atoms with Crippen molar-refractivity contribution in [2.24, 2.45) is 0 Å². The number of carbonyl (C=O) groups excluding carboxylic acids is 1. The second-order valence-electron chi connectivity index (χ2n) is 4.86. The monoisotopic (exact) mass is 346 g/mol. The SMILES string of the molecule is Nc1ccc(NC(=O)c2ccc(-c3ccc(Cl)cc3Cl)o2)cc1. The molecule has 6 heteroatoms. The minimum absolute atomic E-state index is 0.183. The number of amides is 1. The molecule has 3 rings (SSSR count). The molecule has 4 nitrogen and oxygen atoms in total. The van der Waals surface area contributed by atoms with Crippen molar-refractivity contribution < 1.29 is 9.21 Å². The molecule has 23 heavy (non-hydrogen) atoms. The van der Waals surface area contributed by atoms with Crippen molar-refractivity contribution in [1.29, 1.82) is 0 Å². The van der Waals surface area contributed by atoms with Crippen molar-refractivity contribution in [3.63, 3.8) is 0 Å². The summed E-state index contributed by atoms with van der Waals surface area (Å²) in [6, 6.07) is 15.2. The molecule has 0 fully saturated rings. The minimum Gasteiger partial charge on any atom is -0.451 e. The van der Waals surface area contributed by atoms with Crippen LogP contribution in [0, 0.1) is 0 Å². The molecule has 116 valence electrons. The molecule has 0 saturated carbocycles. The quantitative estimate of drug-likeness (QED) is 0.649. The van der Waals surface area contributed by atoms with Crippen LogP contribution in [-0.4, -0.2) is 5.91 Å². The highest BCUT2D eigenvalue weighted by Crippen LogP contribution is 2.31. The predicted octanol–water partition coefficient (Wildman–Crippen LogP) is 5.09. The molecule has 3 N–H and O–H groups in total. The number of anilines is 2. The van der Waals surface area contributed by atoms with Crippen molar-refractivity contribution in [3.05, 3.63) is 70.4 Å². The van der Waals surface area contributed by atoms with Crippen LogP contribution < -0.4 is 11.1 Å². The maximum atomic E-state index is 12.2. The van der Waals surface area contributed by atoms with Crippen LogP contribution in [0.4, 0.5) is 11.4 Å². The Morgan fingerprint density at radius 2 is 1.74 bits per heavy atom. The number of carbonyl (C=O) groups is 1. The Bertz CT molecular complexity index is 857. The predicted molar refractivity (Wildman–Crippen MR) is 93.0 cm³/mol. The van der Waals surface area contributed by atoms with Crippen molar-refractivity contribution in [2.45, 2.75) is 0 Å². The van der Waals surface area contributed by atoms with Gasteiger partial charge in [0.05, 0.1) is 5.02 Å². The van der Waals surface area contributed by atoms with Crippen molar-refractivity contribution in [3.8, 4) is 11.3 Å². The molecule has 0 unspecified atom stereocenters. The molecule has 1 aromatic heterocycles. The number of halogens is 2. The molecule has 0 bridgehead atoms. The number of rotatable bonds is 3. The van der Waals surface area contributed by atoms with E-state index >= 15 is 0 Å². The van der Waals surface area contributed by atoms with Gasteiger partial charge in [-0.05, 0) is 54.6 Å². The van der Waals surface area contributed by atoms with E-state index in [0.29, 0.717) is 32.7 Å². The molecule has 1 amide bonds. The third-order valence-electron chi connectivity index (χ3n) is 3.19. The fourth-order valence-electron chi connectivity index (χ4n) is 2.05. The average Bonchev–Trinajstić information content (AvgIpc) is 2.99. The Morgan fingerprint density at radius 3 is 2.43 bits per heavy atom. The van der Waals surface area contributed by atoms with Gasteiger partial charge in [-0.1, -0.05) is 23.2 Å². The van der Waals surface area contributed by atoms with E-state index in [1.165, 1.54) is 0 Å². The van der Waals surface area contributed by atoms with Crippen LogP contribution in [0.25, 0.3) is 11.3 Å². The lowest BCUT2D eigenvalue weighted by Gasteiger charge is -2.04. The van der Waals surface area contributed by atoms with Crippen LogP contribution >= 0.6 is 23.2 Å². The second-order valence-corrected chi connectivity index (χ2v) is 5.71. The molecule has 0 aliphatic rings. The van der Waals surface area contributed by atoms with E-state index in [4.69, 9.17) is 33.4 Å². The van der Waals surface area contributed by atoms with E-state index in [2.05, 4.69) is 5.32 Å². The normalized spacial score (nSPS) is 10.5. The molecule has 0 spiro atoms. The fourth-order valence-corrected chi connectivity index (χ4v) is 2.55. The standard InChI is InChI=1S/C17H12Cl2N2O2/c18-10-1-6-13(14(19)9-10)15-7-8-16(23-15)17(22)21-12-4-2-11(20)3-5-12/h1-9H,20H2,(H,21,22). The molecule has 0 aliphatic heterocycles. The zero-order chi connectivity index (χ0) is 16.4. The number of hydrogen-bond acceptors (Lipinski definition) is 3. The fraction of sp³-hybridized carbons (Fsp3) is 0. The lowest BCUT2D eigenvalue weighted by molar-refractivity contribution is 0.0997. The summed E-state index contributed by atoms with van der Waals surface area (Å²) in [6.45, 7) is 0. The lowest BCUT2D eigenvalue weighted by Crippen LogP contribution is -2.10. The maximum Gasteiger partial charge on any atom is 0.291 e. The first-order valence-electron chi connectivity index (χ1n) is 6.75. The van der Waals surface area contributed by atoms with Gasteiger partial charge in [0.25, 0.3) is 5.91 Å². The minimum atomic E-state index is -0.355. The first-order chi connectivity index (χ1) is 11.0. The van der Waals surface area contributed by atoms with Gasteiger partial charge in [-0.2, -0.15) is 0 Å². The Labute approximate surface area is 142 Å². The topological polar surface area (TPSA) is 68.3 Å². The zero-order valence-electron chi connectivity index (χ0n) is 11.8. The summed E-state index contributed by atoms with van der Waals surface area (Å²) in [7, 11) is 0. The molecular weight excluding hydrogens is 335 g/mol. The Morgan fingerprint density at radius 1 is 1.00 bits per heavy atom. The highest BCUT2D eigenvalue weighted by atomic mass is 35.5. The smallest absolute Gasteiger partial charge is 0.291 e. The summed E-state index contributed by atoms with van der Waals surface area (Å²) < 4.78 is 5.58. The Balaban J connectivity index is 1.81. The van der Waals surface area contributed by atoms with Gasteiger partial charge >= 0.3 is 0 Å². The Kier molecular flexibility index (Phi) is 4.28. The van der Waals surface area contributed by atoms with Gasteiger partial charge in [-0.15, -0.1) is 0 Å². The highest BCUT2D eigenvalue weighted by molar-refractivity contribution is 6.36. The summed E-state index contributed by atoms with van der Waals surface area (Å²) in [4.78, 5) is 12.2. The van der Waals surface area contributed by atoms with Crippen LogP contribution in [0.15, 0.2) is 59.0 Å². The number of furan rings is 1. The molecule has 0 radical (unpaired) electrons. The van der Waals surface area contributed by atoms with E-state index in [9.17, 15) is 4.79 Å². The van der Waals surface area contributed by atoms with E-state index < -0.39 is 0 Å². The summed E-state index contributed by atoms with van der Waals surface area (Å²) >= 11 is 12.0. The number of benzene rings is 2.